The van der Waals surface area contributed by atoms with Crippen LogP contribution in [0.2, 0.25) is 0 Å². The Balaban J connectivity index is 3.20. The average molecular weight is 1010 g/mol. The third-order valence-electron chi connectivity index (χ3n) is 10.2. The van der Waals surface area contributed by atoms with Crippen molar-refractivity contribution in [3.05, 3.63) is 0 Å². The monoisotopic (exact) mass is 1010 g/mol. The van der Waals surface area contributed by atoms with Crippen molar-refractivity contribution in [2.75, 3.05) is 31.2 Å². The van der Waals surface area contributed by atoms with Crippen LogP contribution in [0.5, 0.6) is 0 Å². The van der Waals surface area contributed by atoms with Crippen molar-refractivity contribution in [3.63, 3.8) is 0 Å². The second-order valence-corrected chi connectivity index (χ2v) is 16.5. The lowest BCUT2D eigenvalue weighted by molar-refractivity contribution is -0.143. The van der Waals surface area contributed by atoms with E-state index in [9.17, 15) is 68.1 Å². The Bertz CT molecular complexity index is 1860. The minimum absolute atomic E-state index is 0.00191. The Hall–Kier alpha value is -5.98. The van der Waals surface area contributed by atoms with Crippen LogP contribution in [0.15, 0.2) is 4.99 Å². The van der Waals surface area contributed by atoms with E-state index in [4.69, 9.17) is 22.3 Å². The number of nitrogens with two attached hydrogens (primary N) is 3. The van der Waals surface area contributed by atoms with E-state index in [-0.39, 0.29) is 49.8 Å². The van der Waals surface area contributed by atoms with Gasteiger partial charge in [-0.05, 0) is 59.8 Å². The van der Waals surface area contributed by atoms with Gasteiger partial charge in [-0.3, -0.25) is 57.7 Å². The highest BCUT2D eigenvalue weighted by atomic mass is 32.1. The zero-order valence-electron chi connectivity index (χ0n) is 37.9. The van der Waals surface area contributed by atoms with Crippen molar-refractivity contribution >= 4 is 96.3 Å². The van der Waals surface area contributed by atoms with Crippen LogP contribution in [0, 0.1) is 0 Å². The van der Waals surface area contributed by atoms with Crippen LogP contribution in [0.3, 0.4) is 0 Å². The molecule has 18 N–H and O–H groups in total. The SMILES string of the molecule is C[C@H](NC(=O)[C@H](C)NC(=O)[C@H](CS)NC(=O)[C@H](CCC(=O)O)NC(=O)[C@H](C)NC(=O)[C@H](CCCN=C(N)N)NC(=O)[C@@H]1CCCN1C(=O)[C@H](CO)NC(=O)[C@H](CS)NC(=O)[C@@H](N)[C@@H](C)O)C(=O)O. The second kappa shape index (κ2) is 29.7. The Morgan fingerprint density at radius 1 is 0.647 bits per heavy atom. The van der Waals surface area contributed by atoms with Gasteiger partial charge >= 0.3 is 11.9 Å². The standard InChI is InChI=1S/C38H65N13O15S2/c1-16(28(56)45-18(3)37(65)66)44-32(60)23(14-67)49-31(59)21(9-10-26(54)55)46-29(57)17(2)43-30(58)20(7-5-11-42-38(40)41)47-34(62)25-8-6-12-51(25)36(64)22(13-52)48-33(61)24(15-68)50-35(63)27(39)19(4)53/h16-25,27,52-53,67-68H,5-15,39H2,1-4H3,(H,43,58)(H,44,60)(H,45,56)(H,46,57)(H,47,62)(H,48,61)(H,49,59)(H,50,63)(H,54,55)(H,65,66)(H4,40,41,42)/t16-,17-,18-,19+,20-,21-,22-,23-,24-,25-,27-/m0/s1. The van der Waals surface area contributed by atoms with E-state index in [0.717, 1.165) is 4.90 Å². The van der Waals surface area contributed by atoms with Crippen LogP contribution >= 0.6 is 25.3 Å². The highest BCUT2D eigenvalue weighted by Gasteiger charge is 2.40. The van der Waals surface area contributed by atoms with Crippen LogP contribution in [-0.2, 0) is 52.7 Å². The highest BCUT2D eigenvalue weighted by Crippen LogP contribution is 2.19. The number of hydrogen-bond donors (Lipinski definition) is 17. The van der Waals surface area contributed by atoms with E-state index in [1.165, 1.54) is 27.7 Å². The molecule has 0 radical (unpaired) electrons. The Kier molecular flexibility index (Phi) is 26.2. The summed E-state index contributed by atoms with van der Waals surface area (Å²) in [6.45, 7) is 4.00. The van der Waals surface area contributed by atoms with Gasteiger partial charge in [-0.25, -0.2) is 0 Å². The molecule has 0 aromatic rings. The molecule has 0 bridgehead atoms. The molecule has 30 heteroatoms. The van der Waals surface area contributed by atoms with Gasteiger partial charge in [-0.15, -0.1) is 0 Å². The number of carboxylic acids is 2. The van der Waals surface area contributed by atoms with Crippen LogP contribution in [-0.4, -0.2) is 194 Å². The maximum absolute atomic E-state index is 13.8. The average Bonchev–Trinajstić information content (AvgIpc) is 3.78. The van der Waals surface area contributed by atoms with Gasteiger partial charge in [0, 0.05) is 31.0 Å². The van der Waals surface area contributed by atoms with Gasteiger partial charge in [0.1, 0.15) is 60.4 Å². The number of carbonyl (C=O) groups excluding carboxylic acids is 9. The first-order chi connectivity index (χ1) is 31.8. The Labute approximate surface area is 402 Å². The number of amides is 9. The van der Waals surface area contributed by atoms with Crippen molar-refractivity contribution in [1.29, 1.82) is 0 Å². The molecular formula is C38H65N13O15S2. The van der Waals surface area contributed by atoms with Gasteiger partial charge in [0.25, 0.3) is 0 Å². The fourth-order valence-electron chi connectivity index (χ4n) is 6.14. The van der Waals surface area contributed by atoms with Crippen molar-refractivity contribution in [1.82, 2.24) is 47.4 Å². The number of nitrogens with zero attached hydrogens (tertiary/aromatic N) is 2. The highest BCUT2D eigenvalue weighted by molar-refractivity contribution is 7.80. The van der Waals surface area contributed by atoms with Crippen LogP contribution in [0.25, 0.3) is 0 Å². The minimum atomic E-state index is -1.60. The summed E-state index contributed by atoms with van der Waals surface area (Å²) in [5, 5.41) is 56.8. The molecule has 28 nitrogen and oxygen atoms in total. The largest absolute Gasteiger partial charge is 0.481 e. The zero-order chi connectivity index (χ0) is 52.0. The molecule has 1 rings (SSSR count). The van der Waals surface area contributed by atoms with Gasteiger partial charge in [-0.2, -0.15) is 25.3 Å². The first-order valence-electron chi connectivity index (χ1n) is 21.3. The van der Waals surface area contributed by atoms with Gasteiger partial charge in [0.2, 0.25) is 53.2 Å². The number of rotatable bonds is 29. The number of aliphatic hydroxyl groups excluding tert-OH is 2. The van der Waals surface area contributed by atoms with Crippen molar-refractivity contribution in [2.24, 2.45) is 22.2 Å². The van der Waals surface area contributed by atoms with E-state index in [2.05, 4.69) is 72.8 Å². The number of aliphatic carboxylic acids is 2. The quantitative estimate of drug-likeness (QED) is 0.0143. The predicted octanol–water partition coefficient (Wildman–Crippen LogP) is -7.52. The molecule has 1 heterocycles. The lowest BCUT2D eigenvalue weighted by Crippen LogP contribution is -2.60. The van der Waals surface area contributed by atoms with Crippen molar-refractivity contribution in [2.45, 2.75) is 133 Å². The first-order valence-corrected chi connectivity index (χ1v) is 22.6. The summed E-state index contributed by atoms with van der Waals surface area (Å²) in [5.41, 5.74) is 16.4. The first kappa shape index (κ1) is 60.0. The summed E-state index contributed by atoms with van der Waals surface area (Å²) < 4.78 is 0. The molecule has 11 atom stereocenters. The Morgan fingerprint density at radius 2 is 1.10 bits per heavy atom. The molecule has 384 valence electrons. The molecule has 1 fully saturated rings. The molecule has 0 aliphatic carbocycles. The maximum Gasteiger partial charge on any atom is 0.325 e. The number of likely N-dealkylation sites (tertiary alicyclic amines) is 1. The number of aliphatic hydroxyl groups is 2. The maximum atomic E-state index is 13.8. The molecule has 1 saturated heterocycles. The molecule has 9 amide bonds. The topological polar surface area (TPSA) is 459 Å². The molecule has 0 spiro atoms. The number of thiol groups is 2. The van der Waals surface area contributed by atoms with Crippen LogP contribution in [0.4, 0.5) is 0 Å². The summed E-state index contributed by atoms with van der Waals surface area (Å²) in [6.07, 6.45) is -2.02. The van der Waals surface area contributed by atoms with E-state index in [1.54, 1.807) is 0 Å². The molecule has 1 aliphatic rings. The predicted molar refractivity (Wildman–Crippen MR) is 246 cm³/mol. The van der Waals surface area contributed by atoms with Crippen LogP contribution in [0.1, 0.15) is 66.2 Å². The van der Waals surface area contributed by atoms with Gasteiger partial charge in [0.15, 0.2) is 5.96 Å². The Morgan fingerprint density at radius 3 is 1.60 bits per heavy atom. The summed E-state index contributed by atoms with van der Waals surface area (Å²) >= 11 is 8.11. The lowest BCUT2D eigenvalue weighted by Gasteiger charge is -2.30. The minimum Gasteiger partial charge on any atom is -0.481 e. The number of hydrogen-bond acceptors (Lipinski definition) is 17. The van der Waals surface area contributed by atoms with Gasteiger partial charge in [-0.1, -0.05) is 0 Å². The molecule has 0 aromatic carbocycles. The number of guanidine groups is 1. The van der Waals surface area contributed by atoms with E-state index in [0.29, 0.717) is 6.42 Å². The number of carboxylic acid groups (broad SMARTS) is 2. The summed E-state index contributed by atoms with van der Waals surface area (Å²) in [7, 11) is 0. The number of carbonyl (C=O) groups is 11. The second-order valence-electron chi connectivity index (χ2n) is 15.7. The normalized spacial score (nSPS) is 17.6. The molecule has 0 unspecified atom stereocenters. The van der Waals surface area contributed by atoms with E-state index < -0.39 is 151 Å². The zero-order valence-corrected chi connectivity index (χ0v) is 39.7. The fraction of sp³-hybridized carbons (Fsp3) is 0.684. The molecular weight excluding hydrogens is 943 g/mol. The third kappa shape index (κ3) is 20.1. The summed E-state index contributed by atoms with van der Waals surface area (Å²) in [6, 6.07) is -14.0. The molecule has 0 aromatic heterocycles. The van der Waals surface area contributed by atoms with Gasteiger partial charge in [0.05, 0.1) is 12.7 Å². The lowest BCUT2D eigenvalue weighted by atomic mass is 10.1. The smallest absolute Gasteiger partial charge is 0.325 e. The summed E-state index contributed by atoms with van der Waals surface area (Å²) in [5.74, 6) is -11.8. The number of nitrogens with one attached hydrogen (secondary N) is 8. The van der Waals surface area contributed by atoms with E-state index >= 15 is 0 Å². The molecule has 68 heavy (non-hydrogen) atoms. The summed E-state index contributed by atoms with van der Waals surface area (Å²) in [4.78, 5) is 146. The number of aliphatic imine (C=N–C) groups is 1. The molecule has 1 aliphatic heterocycles. The van der Waals surface area contributed by atoms with Crippen molar-refractivity contribution in [3.8, 4) is 0 Å². The third-order valence-corrected chi connectivity index (χ3v) is 10.9. The van der Waals surface area contributed by atoms with Crippen LogP contribution < -0.4 is 59.7 Å². The fourth-order valence-corrected chi connectivity index (χ4v) is 6.66. The van der Waals surface area contributed by atoms with Gasteiger partial charge < -0.3 is 85.1 Å². The molecule has 0 saturated carbocycles. The van der Waals surface area contributed by atoms with E-state index in [1.807, 2.05) is 0 Å². The van der Waals surface area contributed by atoms with Crippen molar-refractivity contribution < 1.29 is 73.2 Å².